The number of hydrogen-bond acceptors (Lipinski definition) is 1. The SMILES string of the molecule is O=C(Cc1ccc(Cl)cc1F)c1ccccc1C(F)(F)F. The van der Waals surface area contributed by atoms with Crippen LogP contribution >= 0.6 is 11.6 Å². The molecule has 2 aromatic rings. The maximum Gasteiger partial charge on any atom is 0.417 e. The topological polar surface area (TPSA) is 17.1 Å². The molecule has 0 bridgehead atoms. The molecule has 2 rings (SSSR count). The van der Waals surface area contributed by atoms with Crippen molar-refractivity contribution in [3.8, 4) is 0 Å². The number of carbonyl (C=O) groups is 1. The van der Waals surface area contributed by atoms with Crippen LogP contribution in [0.4, 0.5) is 17.6 Å². The summed E-state index contributed by atoms with van der Waals surface area (Å²) in [6.07, 6.45) is -5.10. The van der Waals surface area contributed by atoms with Crippen LogP contribution in [0.25, 0.3) is 0 Å². The number of ketones is 1. The van der Waals surface area contributed by atoms with E-state index in [-0.39, 0.29) is 10.6 Å². The van der Waals surface area contributed by atoms with Crippen LogP contribution in [0.1, 0.15) is 21.5 Å². The lowest BCUT2D eigenvalue weighted by atomic mass is 9.98. The lowest BCUT2D eigenvalue weighted by molar-refractivity contribution is -0.137. The molecule has 0 N–H and O–H groups in total. The van der Waals surface area contributed by atoms with Gasteiger partial charge in [0.25, 0.3) is 0 Å². The summed E-state index contributed by atoms with van der Waals surface area (Å²) in [6, 6.07) is 8.11. The quantitative estimate of drug-likeness (QED) is 0.580. The summed E-state index contributed by atoms with van der Waals surface area (Å²) >= 11 is 5.58. The molecule has 0 saturated carbocycles. The number of rotatable bonds is 3. The van der Waals surface area contributed by atoms with Crippen LogP contribution in [0.5, 0.6) is 0 Å². The Morgan fingerprint density at radius 2 is 1.76 bits per heavy atom. The van der Waals surface area contributed by atoms with Gasteiger partial charge in [0.2, 0.25) is 0 Å². The average molecular weight is 317 g/mol. The van der Waals surface area contributed by atoms with Gasteiger partial charge in [-0.05, 0) is 23.8 Å². The van der Waals surface area contributed by atoms with Crippen molar-refractivity contribution in [3.63, 3.8) is 0 Å². The van der Waals surface area contributed by atoms with Crippen molar-refractivity contribution in [1.29, 1.82) is 0 Å². The first kappa shape index (κ1) is 15.5. The summed E-state index contributed by atoms with van der Waals surface area (Å²) in [7, 11) is 0. The van der Waals surface area contributed by atoms with Crippen molar-refractivity contribution in [2.45, 2.75) is 12.6 Å². The third-order valence-corrected chi connectivity index (χ3v) is 3.13. The zero-order valence-corrected chi connectivity index (χ0v) is 11.3. The minimum absolute atomic E-state index is 0.00128. The third kappa shape index (κ3) is 3.61. The van der Waals surface area contributed by atoms with E-state index in [9.17, 15) is 22.4 Å². The normalized spacial score (nSPS) is 11.5. The average Bonchev–Trinajstić information content (AvgIpc) is 2.41. The standard InChI is InChI=1S/C15H9ClF4O/c16-10-6-5-9(13(17)8-10)7-14(21)11-3-1-2-4-12(11)15(18,19)20/h1-6,8H,7H2. The number of benzene rings is 2. The molecule has 0 radical (unpaired) electrons. The van der Waals surface area contributed by atoms with E-state index in [1.807, 2.05) is 0 Å². The summed E-state index contributed by atoms with van der Waals surface area (Å²) in [6.45, 7) is 0. The van der Waals surface area contributed by atoms with E-state index in [1.54, 1.807) is 0 Å². The summed E-state index contributed by atoms with van der Waals surface area (Å²) in [5, 5.41) is 0.152. The molecule has 6 heteroatoms. The van der Waals surface area contributed by atoms with Gasteiger partial charge in [-0.3, -0.25) is 4.79 Å². The lowest BCUT2D eigenvalue weighted by Crippen LogP contribution is -2.14. The van der Waals surface area contributed by atoms with E-state index >= 15 is 0 Å². The van der Waals surface area contributed by atoms with E-state index < -0.39 is 35.3 Å². The number of alkyl halides is 3. The minimum Gasteiger partial charge on any atom is -0.294 e. The molecule has 1 nitrogen and oxygen atoms in total. The molecule has 0 aliphatic carbocycles. The van der Waals surface area contributed by atoms with Gasteiger partial charge in [-0.2, -0.15) is 13.2 Å². The Bertz CT molecular complexity index is 680. The van der Waals surface area contributed by atoms with E-state index in [0.717, 1.165) is 18.2 Å². The monoisotopic (exact) mass is 316 g/mol. The Kier molecular flexibility index (Phi) is 4.32. The molecule has 0 fully saturated rings. The molecule has 0 heterocycles. The summed E-state index contributed by atoms with van der Waals surface area (Å²) in [5.74, 6) is -1.52. The van der Waals surface area contributed by atoms with Crippen LogP contribution in [0.3, 0.4) is 0 Å². The van der Waals surface area contributed by atoms with Crippen molar-refractivity contribution in [2.75, 3.05) is 0 Å². The highest BCUT2D eigenvalue weighted by Crippen LogP contribution is 2.32. The molecule has 0 atom stereocenters. The molecular formula is C15H9ClF4O. The second-order valence-electron chi connectivity index (χ2n) is 4.38. The first-order valence-corrected chi connectivity index (χ1v) is 6.30. The second-order valence-corrected chi connectivity index (χ2v) is 4.82. The Hall–Kier alpha value is -1.88. The van der Waals surface area contributed by atoms with Gasteiger partial charge in [-0.1, -0.05) is 35.9 Å². The van der Waals surface area contributed by atoms with Crippen LogP contribution in [-0.4, -0.2) is 5.78 Å². The van der Waals surface area contributed by atoms with Gasteiger partial charge < -0.3 is 0 Å². The van der Waals surface area contributed by atoms with E-state index in [2.05, 4.69) is 0 Å². The van der Waals surface area contributed by atoms with Gasteiger partial charge in [0.05, 0.1) is 5.56 Å². The zero-order chi connectivity index (χ0) is 15.6. The highest BCUT2D eigenvalue weighted by Gasteiger charge is 2.34. The Balaban J connectivity index is 2.33. The fraction of sp³-hybridized carbons (Fsp3) is 0.133. The Morgan fingerprint density at radius 3 is 2.38 bits per heavy atom. The number of halogens is 5. The number of carbonyl (C=O) groups excluding carboxylic acids is 1. The molecule has 21 heavy (non-hydrogen) atoms. The smallest absolute Gasteiger partial charge is 0.294 e. The summed E-state index contributed by atoms with van der Waals surface area (Å²) < 4.78 is 52.1. The van der Waals surface area contributed by atoms with Crippen molar-refractivity contribution in [3.05, 3.63) is 70.0 Å². The van der Waals surface area contributed by atoms with Gasteiger partial charge in [0.1, 0.15) is 5.82 Å². The molecule has 0 amide bonds. The summed E-state index contributed by atoms with van der Waals surface area (Å²) in [5.41, 5.74) is -1.50. The molecule has 110 valence electrons. The number of hydrogen-bond donors (Lipinski definition) is 0. The van der Waals surface area contributed by atoms with Gasteiger partial charge >= 0.3 is 6.18 Å². The highest BCUT2D eigenvalue weighted by atomic mass is 35.5. The van der Waals surface area contributed by atoms with Gasteiger partial charge in [-0.15, -0.1) is 0 Å². The lowest BCUT2D eigenvalue weighted by Gasteiger charge is -2.12. The zero-order valence-electron chi connectivity index (χ0n) is 10.5. The molecule has 2 aromatic carbocycles. The Morgan fingerprint density at radius 1 is 1.10 bits per heavy atom. The molecule has 0 spiro atoms. The van der Waals surface area contributed by atoms with Crippen LogP contribution in [0, 0.1) is 5.82 Å². The van der Waals surface area contributed by atoms with E-state index in [4.69, 9.17) is 11.6 Å². The maximum absolute atomic E-state index is 13.6. The van der Waals surface area contributed by atoms with Crippen LogP contribution in [0.2, 0.25) is 5.02 Å². The predicted molar refractivity (Wildman–Crippen MR) is 70.9 cm³/mol. The minimum atomic E-state index is -4.63. The molecule has 0 aliphatic rings. The van der Waals surface area contributed by atoms with Crippen LogP contribution in [0.15, 0.2) is 42.5 Å². The third-order valence-electron chi connectivity index (χ3n) is 2.90. The Labute approximate surface area is 123 Å². The molecule has 0 saturated heterocycles. The number of Topliss-reactive ketones (excluding diaryl/α,β-unsaturated/α-hetero) is 1. The molecule has 0 aliphatic heterocycles. The van der Waals surface area contributed by atoms with Crippen molar-refractivity contribution in [2.24, 2.45) is 0 Å². The fourth-order valence-corrected chi connectivity index (χ4v) is 2.07. The first-order valence-electron chi connectivity index (χ1n) is 5.92. The molecule has 0 aromatic heterocycles. The van der Waals surface area contributed by atoms with E-state index in [1.165, 1.54) is 24.3 Å². The largest absolute Gasteiger partial charge is 0.417 e. The maximum atomic E-state index is 13.6. The van der Waals surface area contributed by atoms with Crippen LogP contribution in [-0.2, 0) is 12.6 Å². The van der Waals surface area contributed by atoms with Crippen LogP contribution < -0.4 is 0 Å². The van der Waals surface area contributed by atoms with Crippen molar-refractivity contribution < 1.29 is 22.4 Å². The first-order chi connectivity index (χ1) is 9.79. The van der Waals surface area contributed by atoms with Crippen molar-refractivity contribution in [1.82, 2.24) is 0 Å². The molecule has 0 unspecified atom stereocenters. The van der Waals surface area contributed by atoms with Gasteiger partial charge in [-0.25, -0.2) is 4.39 Å². The second kappa shape index (κ2) is 5.85. The highest BCUT2D eigenvalue weighted by molar-refractivity contribution is 6.30. The van der Waals surface area contributed by atoms with E-state index in [0.29, 0.717) is 0 Å². The van der Waals surface area contributed by atoms with Crippen molar-refractivity contribution >= 4 is 17.4 Å². The summed E-state index contributed by atoms with van der Waals surface area (Å²) in [4.78, 5) is 12.0. The predicted octanol–water partition coefficient (Wildman–Crippen LogP) is 4.92. The molecular weight excluding hydrogens is 308 g/mol. The van der Waals surface area contributed by atoms with Gasteiger partial charge in [0, 0.05) is 17.0 Å². The van der Waals surface area contributed by atoms with Gasteiger partial charge in [0.15, 0.2) is 5.78 Å². The fourth-order valence-electron chi connectivity index (χ4n) is 1.91.